The molecule has 7 nitrogen and oxygen atoms in total. The first-order valence-electron chi connectivity index (χ1n) is 10.8. The van der Waals surface area contributed by atoms with Crippen molar-refractivity contribution in [1.82, 2.24) is 25.0 Å². The predicted octanol–water partition coefficient (Wildman–Crippen LogP) is 2.52. The third-order valence-electron chi connectivity index (χ3n) is 6.38. The first kappa shape index (κ1) is 19.8. The summed E-state index contributed by atoms with van der Waals surface area (Å²) < 4.78 is 7.38. The molecular formula is C24H27N5O2. The number of carbonyl (C=O) groups excluding carboxylic acids is 1. The molecule has 2 aliphatic rings. The molecule has 0 spiro atoms. The van der Waals surface area contributed by atoms with Crippen molar-refractivity contribution in [3.63, 3.8) is 0 Å². The van der Waals surface area contributed by atoms with Crippen LogP contribution in [-0.4, -0.2) is 45.8 Å². The van der Waals surface area contributed by atoms with Crippen molar-refractivity contribution in [2.24, 2.45) is 11.8 Å². The van der Waals surface area contributed by atoms with Crippen LogP contribution in [0, 0.1) is 11.8 Å². The molecule has 1 aromatic heterocycles. The normalized spacial score (nSPS) is 20.2. The molecule has 0 radical (unpaired) electrons. The van der Waals surface area contributed by atoms with Gasteiger partial charge in [-0.15, -0.1) is 10.2 Å². The summed E-state index contributed by atoms with van der Waals surface area (Å²) in [6.45, 7) is 4.27. The Bertz CT molecular complexity index is 1060. The van der Waals surface area contributed by atoms with Gasteiger partial charge >= 0.3 is 0 Å². The first-order valence-corrected chi connectivity index (χ1v) is 10.8. The van der Waals surface area contributed by atoms with Crippen LogP contribution in [0.3, 0.4) is 0 Å². The second kappa shape index (κ2) is 8.51. The van der Waals surface area contributed by atoms with E-state index in [-0.39, 0.29) is 5.91 Å². The molecule has 2 aliphatic heterocycles. The van der Waals surface area contributed by atoms with Crippen LogP contribution in [0.2, 0.25) is 0 Å². The van der Waals surface area contributed by atoms with Crippen LogP contribution in [0.4, 0.5) is 0 Å². The van der Waals surface area contributed by atoms with Gasteiger partial charge in [0.05, 0.1) is 7.11 Å². The predicted molar refractivity (Wildman–Crippen MR) is 117 cm³/mol. The number of aromatic nitrogens is 3. The van der Waals surface area contributed by atoms with E-state index in [1.54, 1.807) is 7.11 Å². The minimum absolute atomic E-state index is 0.160. The lowest BCUT2D eigenvalue weighted by atomic mass is 9.89. The molecule has 1 fully saturated rings. The summed E-state index contributed by atoms with van der Waals surface area (Å²) in [5.74, 6) is 3.15. The first-order chi connectivity index (χ1) is 15.2. The number of nitrogens with one attached hydrogen (secondary N) is 1. The Morgan fingerprint density at radius 1 is 1.03 bits per heavy atom. The zero-order chi connectivity index (χ0) is 21.2. The molecule has 1 saturated heterocycles. The lowest BCUT2D eigenvalue weighted by molar-refractivity contribution is 0.0932. The largest absolute Gasteiger partial charge is 0.497 e. The molecule has 0 saturated carbocycles. The monoisotopic (exact) mass is 417 g/mol. The number of hydrogen-bond acceptors (Lipinski definition) is 5. The molecule has 160 valence electrons. The molecule has 2 atom stereocenters. The van der Waals surface area contributed by atoms with E-state index < -0.39 is 0 Å². The Balaban J connectivity index is 1.23. The van der Waals surface area contributed by atoms with Gasteiger partial charge in [-0.3, -0.25) is 9.69 Å². The molecule has 0 unspecified atom stereocenters. The minimum Gasteiger partial charge on any atom is -0.497 e. The number of benzene rings is 2. The number of rotatable bonds is 6. The van der Waals surface area contributed by atoms with Crippen LogP contribution in [0.5, 0.6) is 5.75 Å². The van der Waals surface area contributed by atoms with E-state index in [2.05, 4.69) is 32.5 Å². The lowest BCUT2D eigenvalue weighted by Gasteiger charge is -2.25. The number of methoxy groups -OCH3 is 1. The summed E-state index contributed by atoms with van der Waals surface area (Å²) in [6, 6.07) is 18.2. The van der Waals surface area contributed by atoms with Gasteiger partial charge in [0.2, 0.25) is 5.82 Å². The molecule has 5 rings (SSSR count). The highest BCUT2D eigenvalue weighted by Gasteiger charge is 2.39. The minimum atomic E-state index is -0.160. The quantitative estimate of drug-likeness (QED) is 0.667. The van der Waals surface area contributed by atoms with Gasteiger partial charge in [-0.05, 0) is 35.1 Å². The van der Waals surface area contributed by atoms with Crippen LogP contribution in [0.25, 0.3) is 0 Å². The third kappa shape index (κ3) is 4.18. The number of fused-ring (bicyclic) bond motifs is 2. The van der Waals surface area contributed by atoms with Gasteiger partial charge in [0.1, 0.15) is 11.6 Å². The zero-order valence-electron chi connectivity index (χ0n) is 17.7. The van der Waals surface area contributed by atoms with Gasteiger partial charge in [0.25, 0.3) is 5.91 Å². The van der Waals surface area contributed by atoms with Crippen molar-refractivity contribution in [3.8, 4) is 5.75 Å². The van der Waals surface area contributed by atoms with Crippen molar-refractivity contribution < 1.29 is 9.53 Å². The van der Waals surface area contributed by atoms with E-state index in [1.165, 1.54) is 5.56 Å². The van der Waals surface area contributed by atoms with E-state index in [9.17, 15) is 4.79 Å². The highest BCUT2D eigenvalue weighted by Crippen LogP contribution is 2.33. The van der Waals surface area contributed by atoms with Crippen LogP contribution >= 0.6 is 0 Å². The molecule has 7 heteroatoms. The van der Waals surface area contributed by atoms with E-state index in [4.69, 9.17) is 4.74 Å². The van der Waals surface area contributed by atoms with E-state index in [0.29, 0.717) is 24.2 Å². The van der Waals surface area contributed by atoms with Crippen molar-refractivity contribution in [1.29, 1.82) is 0 Å². The fourth-order valence-corrected chi connectivity index (χ4v) is 4.80. The maximum atomic E-state index is 12.8. The van der Waals surface area contributed by atoms with Crippen LogP contribution < -0.4 is 10.1 Å². The molecule has 2 aromatic carbocycles. The smallest absolute Gasteiger partial charge is 0.289 e. The lowest BCUT2D eigenvalue weighted by Crippen LogP contribution is -2.32. The van der Waals surface area contributed by atoms with Crippen molar-refractivity contribution in [2.75, 3.05) is 20.2 Å². The van der Waals surface area contributed by atoms with Gasteiger partial charge in [-0.2, -0.15) is 0 Å². The van der Waals surface area contributed by atoms with Crippen LogP contribution in [0.1, 0.15) is 27.6 Å². The van der Waals surface area contributed by atoms with Crippen molar-refractivity contribution in [3.05, 3.63) is 77.4 Å². The number of nitrogens with zero attached hydrogens (tertiary/aromatic N) is 4. The van der Waals surface area contributed by atoms with Crippen LogP contribution in [-0.2, 0) is 26.1 Å². The summed E-state index contributed by atoms with van der Waals surface area (Å²) in [5, 5.41) is 11.5. The Labute approximate surface area is 182 Å². The molecule has 1 N–H and O–H groups in total. The Morgan fingerprint density at radius 3 is 2.68 bits per heavy atom. The fraction of sp³-hybridized carbons (Fsp3) is 0.375. The number of hydrogen-bond donors (Lipinski definition) is 1. The van der Waals surface area contributed by atoms with Gasteiger partial charge in [-0.25, -0.2) is 0 Å². The number of carbonyl (C=O) groups is 1. The SMILES string of the molecule is COc1cccc(CN2C[C@@H]3Cc4nnc(C(=O)NCc5ccccc5)n4C[C@@H]3C2)c1. The topological polar surface area (TPSA) is 72.3 Å². The van der Waals surface area contributed by atoms with Crippen LogP contribution in [0.15, 0.2) is 54.6 Å². The van der Waals surface area contributed by atoms with Gasteiger partial charge in [0.15, 0.2) is 0 Å². The molecule has 31 heavy (non-hydrogen) atoms. The third-order valence-corrected chi connectivity index (χ3v) is 6.38. The number of ether oxygens (including phenoxy) is 1. The Morgan fingerprint density at radius 2 is 1.84 bits per heavy atom. The second-order valence-electron chi connectivity index (χ2n) is 8.49. The molecule has 3 heterocycles. The summed E-state index contributed by atoms with van der Waals surface area (Å²) >= 11 is 0. The molecule has 3 aromatic rings. The van der Waals surface area contributed by atoms with Gasteiger partial charge < -0.3 is 14.6 Å². The second-order valence-corrected chi connectivity index (χ2v) is 8.49. The molecule has 0 bridgehead atoms. The highest BCUT2D eigenvalue weighted by atomic mass is 16.5. The fourth-order valence-electron chi connectivity index (χ4n) is 4.80. The number of amides is 1. The highest BCUT2D eigenvalue weighted by molar-refractivity contribution is 5.90. The Hall–Kier alpha value is -3.19. The molecule has 0 aliphatic carbocycles. The van der Waals surface area contributed by atoms with E-state index in [1.807, 2.05) is 47.0 Å². The van der Waals surface area contributed by atoms with Gasteiger partial charge in [0, 0.05) is 39.1 Å². The molecule has 1 amide bonds. The maximum absolute atomic E-state index is 12.8. The summed E-state index contributed by atoms with van der Waals surface area (Å²) in [5.41, 5.74) is 2.33. The molecular weight excluding hydrogens is 390 g/mol. The zero-order valence-corrected chi connectivity index (χ0v) is 17.7. The van der Waals surface area contributed by atoms with E-state index in [0.717, 1.165) is 49.7 Å². The standard InChI is InChI=1S/C24H27N5O2/c1-31-21-9-5-8-18(10-21)13-28-14-19-11-22-26-27-23(29(22)16-20(19)15-28)24(30)25-12-17-6-3-2-4-7-17/h2-10,19-20H,11-16H2,1H3,(H,25,30)/t19-,20-/m0/s1. The maximum Gasteiger partial charge on any atom is 0.289 e. The summed E-state index contributed by atoms with van der Waals surface area (Å²) in [4.78, 5) is 15.3. The van der Waals surface area contributed by atoms with Crippen molar-refractivity contribution >= 4 is 5.91 Å². The average Bonchev–Trinajstić information content (AvgIpc) is 3.39. The van der Waals surface area contributed by atoms with Crippen molar-refractivity contribution in [2.45, 2.75) is 26.1 Å². The summed E-state index contributed by atoms with van der Waals surface area (Å²) in [7, 11) is 1.70. The van der Waals surface area contributed by atoms with Gasteiger partial charge in [-0.1, -0.05) is 42.5 Å². The summed E-state index contributed by atoms with van der Waals surface area (Å²) in [6.07, 6.45) is 0.873. The Kier molecular flexibility index (Phi) is 5.42. The average molecular weight is 418 g/mol. The van der Waals surface area contributed by atoms with E-state index >= 15 is 0 Å². The number of likely N-dealkylation sites (tertiary alicyclic amines) is 1.